The van der Waals surface area contributed by atoms with Gasteiger partial charge in [0.15, 0.2) is 6.10 Å². The van der Waals surface area contributed by atoms with Gasteiger partial charge in [0.2, 0.25) is 0 Å². The maximum Gasteiger partial charge on any atom is 0.416 e. The van der Waals surface area contributed by atoms with Gasteiger partial charge in [-0.15, -0.1) is 0 Å². The number of amides is 1. The van der Waals surface area contributed by atoms with E-state index in [0.717, 1.165) is 6.07 Å². The molecule has 0 spiro atoms. The molecule has 8 heteroatoms. The maximum atomic E-state index is 12.0. The van der Waals surface area contributed by atoms with Crippen LogP contribution in [0.5, 0.6) is 5.75 Å². The van der Waals surface area contributed by atoms with Crippen molar-refractivity contribution in [2.75, 3.05) is 6.54 Å². The number of carbonyl (C=O) groups is 1. The molecule has 4 nitrogen and oxygen atoms in total. The molecular formula is C10H9BrF3NO3. The van der Waals surface area contributed by atoms with Crippen LogP contribution in [0, 0.1) is 0 Å². The first-order valence-electron chi connectivity index (χ1n) is 4.73. The van der Waals surface area contributed by atoms with Crippen molar-refractivity contribution in [2.24, 2.45) is 0 Å². The number of aliphatic hydroxyl groups excluding tert-OH is 1. The van der Waals surface area contributed by atoms with Crippen molar-refractivity contribution >= 4 is 21.8 Å². The second-order valence-electron chi connectivity index (χ2n) is 3.43. The average Bonchev–Trinajstić information content (AvgIpc) is 2.27. The topological polar surface area (TPSA) is 69.6 Å². The zero-order chi connectivity index (χ0) is 13.9. The maximum absolute atomic E-state index is 12.0. The standard InChI is InChI=1S/C10H9BrF3NO3/c11-6-2-1-5(3-7(6)16)9(18)15-4-8(17)10(12,13)14/h1-3,8,16-17H,4H2,(H,15,18). The zero-order valence-electron chi connectivity index (χ0n) is 8.83. The minimum absolute atomic E-state index is 0.00919. The van der Waals surface area contributed by atoms with Gasteiger partial charge >= 0.3 is 6.18 Å². The number of aromatic hydroxyl groups is 1. The monoisotopic (exact) mass is 327 g/mol. The molecule has 0 fully saturated rings. The fourth-order valence-electron chi connectivity index (χ4n) is 1.06. The van der Waals surface area contributed by atoms with Crippen LogP contribution in [0.15, 0.2) is 22.7 Å². The number of hydrogen-bond donors (Lipinski definition) is 3. The third-order valence-electron chi connectivity index (χ3n) is 2.04. The van der Waals surface area contributed by atoms with Gasteiger partial charge in [-0.2, -0.15) is 13.2 Å². The minimum atomic E-state index is -4.78. The molecule has 0 aliphatic heterocycles. The van der Waals surface area contributed by atoms with Gasteiger partial charge < -0.3 is 15.5 Å². The highest BCUT2D eigenvalue weighted by atomic mass is 79.9. The van der Waals surface area contributed by atoms with Gasteiger partial charge in [-0.1, -0.05) is 0 Å². The third kappa shape index (κ3) is 3.88. The lowest BCUT2D eigenvalue weighted by molar-refractivity contribution is -0.201. The van der Waals surface area contributed by atoms with Crippen LogP contribution < -0.4 is 5.32 Å². The summed E-state index contributed by atoms with van der Waals surface area (Å²) in [4.78, 5) is 11.4. The van der Waals surface area contributed by atoms with Gasteiger partial charge in [-0.05, 0) is 34.1 Å². The molecule has 0 heterocycles. The van der Waals surface area contributed by atoms with E-state index in [0.29, 0.717) is 4.47 Å². The Morgan fingerprint density at radius 3 is 2.56 bits per heavy atom. The first kappa shape index (κ1) is 14.8. The molecule has 0 saturated heterocycles. The molecule has 0 bridgehead atoms. The number of hydrogen-bond acceptors (Lipinski definition) is 3. The summed E-state index contributed by atoms with van der Waals surface area (Å²) >= 11 is 3.00. The minimum Gasteiger partial charge on any atom is -0.507 e. The molecule has 0 aliphatic carbocycles. The number of halogens is 4. The van der Waals surface area contributed by atoms with Crippen molar-refractivity contribution in [1.82, 2.24) is 5.32 Å². The SMILES string of the molecule is O=C(NCC(O)C(F)(F)F)c1ccc(Br)c(O)c1. The van der Waals surface area contributed by atoms with Gasteiger partial charge in [0.05, 0.1) is 11.0 Å². The smallest absolute Gasteiger partial charge is 0.416 e. The second kappa shape index (κ2) is 5.57. The summed E-state index contributed by atoms with van der Waals surface area (Å²) in [6.45, 7) is -0.945. The number of rotatable bonds is 3. The molecule has 1 unspecified atom stereocenters. The molecule has 100 valence electrons. The molecule has 0 radical (unpaired) electrons. The summed E-state index contributed by atoms with van der Waals surface area (Å²) in [5.74, 6) is -1.03. The summed E-state index contributed by atoms with van der Waals surface area (Å²) in [5, 5.41) is 19.9. The first-order chi connectivity index (χ1) is 8.21. The molecule has 18 heavy (non-hydrogen) atoms. The Kier molecular flexibility index (Phi) is 4.58. The van der Waals surface area contributed by atoms with Crippen molar-refractivity contribution in [3.05, 3.63) is 28.2 Å². The molecule has 1 amide bonds. The van der Waals surface area contributed by atoms with Crippen molar-refractivity contribution in [3.63, 3.8) is 0 Å². The Balaban J connectivity index is 2.63. The second-order valence-corrected chi connectivity index (χ2v) is 4.29. The van der Waals surface area contributed by atoms with Gasteiger partial charge in [0.25, 0.3) is 5.91 Å². The summed E-state index contributed by atoms with van der Waals surface area (Å²) in [6, 6.07) is 3.79. The molecule has 1 atom stereocenters. The number of benzene rings is 1. The molecule has 0 saturated carbocycles. The van der Waals surface area contributed by atoms with Crippen LogP contribution in [0.2, 0.25) is 0 Å². The van der Waals surface area contributed by atoms with Crippen LogP contribution in [0.4, 0.5) is 13.2 Å². The molecule has 1 aromatic rings. The molecule has 0 aliphatic rings. The Morgan fingerprint density at radius 1 is 1.44 bits per heavy atom. The van der Waals surface area contributed by atoms with Crippen molar-refractivity contribution in [2.45, 2.75) is 12.3 Å². The van der Waals surface area contributed by atoms with Crippen LogP contribution in [0.1, 0.15) is 10.4 Å². The normalized spacial score (nSPS) is 13.2. The molecule has 3 N–H and O–H groups in total. The Labute approximate surface area is 109 Å². The molecular weight excluding hydrogens is 319 g/mol. The summed E-state index contributed by atoms with van der Waals surface area (Å²) in [6.07, 6.45) is -7.40. The number of nitrogens with one attached hydrogen (secondary N) is 1. The highest BCUT2D eigenvalue weighted by molar-refractivity contribution is 9.10. The van der Waals surface area contributed by atoms with E-state index >= 15 is 0 Å². The number of alkyl halides is 3. The lowest BCUT2D eigenvalue weighted by atomic mass is 10.2. The fourth-order valence-corrected chi connectivity index (χ4v) is 1.31. The van der Waals surface area contributed by atoms with Crippen LogP contribution in [0.25, 0.3) is 0 Å². The quantitative estimate of drug-likeness (QED) is 0.793. The van der Waals surface area contributed by atoms with E-state index in [1.54, 1.807) is 0 Å². The zero-order valence-corrected chi connectivity index (χ0v) is 10.4. The van der Waals surface area contributed by atoms with E-state index < -0.39 is 24.7 Å². The third-order valence-corrected chi connectivity index (χ3v) is 2.71. The summed E-state index contributed by atoms with van der Waals surface area (Å²) < 4.78 is 36.3. The number of carbonyl (C=O) groups excluding carboxylic acids is 1. The van der Waals surface area contributed by atoms with Gasteiger partial charge in [0, 0.05) is 5.56 Å². The highest BCUT2D eigenvalue weighted by Crippen LogP contribution is 2.24. The van der Waals surface area contributed by atoms with Crippen LogP contribution in [-0.4, -0.2) is 34.9 Å². The lowest BCUT2D eigenvalue weighted by Crippen LogP contribution is -2.40. The van der Waals surface area contributed by atoms with Gasteiger partial charge in [-0.25, -0.2) is 0 Å². The molecule has 0 aromatic heterocycles. The largest absolute Gasteiger partial charge is 0.507 e. The first-order valence-corrected chi connectivity index (χ1v) is 5.52. The van der Waals surface area contributed by atoms with E-state index in [9.17, 15) is 23.1 Å². The van der Waals surface area contributed by atoms with E-state index in [4.69, 9.17) is 5.11 Å². The van der Waals surface area contributed by atoms with Crippen LogP contribution in [-0.2, 0) is 0 Å². The van der Waals surface area contributed by atoms with Gasteiger partial charge in [-0.3, -0.25) is 4.79 Å². The van der Waals surface area contributed by atoms with E-state index in [1.165, 1.54) is 12.1 Å². The van der Waals surface area contributed by atoms with Crippen LogP contribution in [0.3, 0.4) is 0 Å². The highest BCUT2D eigenvalue weighted by Gasteiger charge is 2.38. The lowest BCUT2D eigenvalue weighted by Gasteiger charge is -2.15. The van der Waals surface area contributed by atoms with Crippen molar-refractivity contribution in [1.29, 1.82) is 0 Å². The van der Waals surface area contributed by atoms with E-state index in [2.05, 4.69) is 15.9 Å². The molecule has 1 aromatic carbocycles. The number of aliphatic hydroxyl groups is 1. The number of phenolic OH excluding ortho intramolecular Hbond substituents is 1. The Hall–Kier alpha value is -1.28. The Morgan fingerprint density at radius 2 is 2.06 bits per heavy atom. The van der Waals surface area contributed by atoms with Crippen molar-refractivity contribution < 1.29 is 28.2 Å². The average molecular weight is 328 g/mol. The predicted octanol–water partition coefficient (Wildman–Crippen LogP) is 1.81. The van der Waals surface area contributed by atoms with Crippen molar-refractivity contribution in [3.8, 4) is 5.75 Å². The van der Waals surface area contributed by atoms with E-state index in [1.807, 2.05) is 5.32 Å². The van der Waals surface area contributed by atoms with Gasteiger partial charge in [0.1, 0.15) is 5.75 Å². The summed E-state index contributed by atoms with van der Waals surface area (Å²) in [5.41, 5.74) is -0.00919. The molecule has 1 rings (SSSR count). The fraction of sp³-hybridized carbons (Fsp3) is 0.300. The van der Waals surface area contributed by atoms with Crippen LogP contribution >= 0.6 is 15.9 Å². The Bertz CT molecular complexity index is 450. The number of phenols is 1. The van der Waals surface area contributed by atoms with E-state index in [-0.39, 0.29) is 11.3 Å². The summed E-state index contributed by atoms with van der Waals surface area (Å²) in [7, 11) is 0. The predicted molar refractivity (Wildman–Crippen MR) is 60.2 cm³/mol.